The Bertz CT molecular complexity index is 1060. The second kappa shape index (κ2) is 10.7. The molecule has 0 atom stereocenters. The Labute approximate surface area is 192 Å². The standard InChI is InChI=1S/C21H15Cl3N2O3S/c22-16-7-4-14(5-8-16)13-30-21-9-6-15(10-20(21)26(27)28)11-25-29-12-17-18(23)2-1-3-19(17)24/h1-11H,12-13H2/b25-11+. The van der Waals surface area contributed by atoms with E-state index in [1.54, 1.807) is 42.5 Å². The van der Waals surface area contributed by atoms with Crippen LogP contribution in [0.4, 0.5) is 5.69 Å². The molecule has 0 spiro atoms. The number of nitrogens with zero attached hydrogens (tertiary/aromatic N) is 2. The highest BCUT2D eigenvalue weighted by Gasteiger charge is 2.15. The van der Waals surface area contributed by atoms with E-state index in [0.717, 1.165) is 5.56 Å². The molecule has 9 heteroatoms. The first kappa shape index (κ1) is 22.4. The van der Waals surface area contributed by atoms with Gasteiger partial charge >= 0.3 is 0 Å². The van der Waals surface area contributed by atoms with Gasteiger partial charge in [0.15, 0.2) is 0 Å². The highest BCUT2D eigenvalue weighted by molar-refractivity contribution is 7.98. The molecule has 0 unspecified atom stereocenters. The molecule has 0 radical (unpaired) electrons. The summed E-state index contributed by atoms with van der Waals surface area (Å²) < 4.78 is 0. The molecule has 3 aromatic carbocycles. The van der Waals surface area contributed by atoms with Crippen molar-refractivity contribution in [3.63, 3.8) is 0 Å². The van der Waals surface area contributed by atoms with Gasteiger partial charge in [0.05, 0.1) is 16.0 Å². The lowest BCUT2D eigenvalue weighted by Gasteiger charge is -2.06. The van der Waals surface area contributed by atoms with Gasteiger partial charge in [-0.3, -0.25) is 10.1 Å². The minimum atomic E-state index is -0.411. The zero-order valence-electron chi connectivity index (χ0n) is 15.4. The third-order valence-electron chi connectivity index (χ3n) is 4.03. The summed E-state index contributed by atoms with van der Waals surface area (Å²) >= 11 is 19.4. The summed E-state index contributed by atoms with van der Waals surface area (Å²) in [6.07, 6.45) is 1.41. The van der Waals surface area contributed by atoms with E-state index in [9.17, 15) is 10.1 Å². The van der Waals surface area contributed by atoms with Crippen molar-refractivity contribution in [1.29, 1.82) is 0 Å². The second-order valence-corrected chi connectivity index (χ2v) is 8.38. The lowest BCUT2D eigenvalue weighted by molar-refractivity contribution is -0.387. The van der Waals surface area contributed by atoms with Crippen LogP contribution in [0.3, 0.4) is 0 Å². The lowest BCUT2D eigenvalue weighted by atomic mass is 10.2. The van der Waals surface area contributed by atoms with Crippen molar-refractivity contribution in [3.05, 3.63) is 103 Å². The van der Waals surface area contributed by atoms with E-state index in [-0.39, 0.29) is 12.3 Å². The van der Waals surface area contributed by atoms with Crippen LogP contribution in [0.2, 0.25) is 15.1 Å². The van der Waals surface area contributed by atoms with Crippen LogP contribution in [-0.4, -0.2) is 11.1 Å². The average molecular weight is 482 g/mol. The predicted octanol–water partition coefficient (Wildman–Crippen LogP) is 7.40. The third kappa shape index (κ3) is 6.12. The topological polar surface area (TPSA) is 64.7 Å². The molecule has 0 amide bonds. The monoisotopic (exact) mass is 480 g/mol. The zero-order chi connectivity index (χ0) is 21.5. The number of nitro benzene ring substituents is 1. The van der Waals surface area contributed by atoms with Gasteiger partial charge in [0.2, 0.25) is 0 Å². The summed E-state index contributed by atoms with van der Waals surface area (Å²) in [5.41, 5.74) is 2.20. The van der Waals surface area contributed by atoms with E-state index < -0.39 is 4.92 Å². The number of benzene rings is 3. The molecule has 0 bridgehead atoms. The molecule has 0 fully saturated rings. The molecule has 0 aliphatic carbocycles. The number of thioether (sulfide) groups is 1. The van der Waals surface area contributed by atoms with E-state index in [0.29, 0.717) is 36.8 Å². The number of hydrogen-bond donors (Lipinski definition) is 0. The fourth-order valence-electron chi connectivity index (χ4n) is 2.49. The van der Waals surface area contributed by atoms with Crippen LogP contribution in [0, 0.1) is 10.1 Å². The molecule has 30 heavy (non-hydrogen) atoms. The summed E-state index contributed by atoms with van der Waals surface area (Å²) in [7, 11) is 0. The normalized spacial score (nSPS) is 11.0. The summed E-state index contributed by atoms with van der Waals surface area (Å²) in [6, 6.07) is 17.4. The smallest absolute Gasteiger partial charge is 0.283 e. The van der Waals surface area contributed by atoms with Gasteiger partial charge in [0.25, 0.3) is 5.69 Å². The largest absolute Gasteiger partial charge is 0.391 e. The van der Waals surface area contributed by atoms with E-state index in [2.05, 4.69) is 5.16 Å². The average Bonchev–Trinajstić information content (AvgIpc) is 2.72. The van der Waals surface area contributed by atoms with Gasteiger partial charge in [-0.05, 0) is 35.9 Å². The molecule has 0 saturated carbocycles. The summed E-state index contributed by atoms with van der Waals surface area (Å²) in [5.74, 6) is 0.590. The second-order valence-electron chi connectivity index (χ2n) is 6.11. The Balaban J connectivity index is 1.66. The van der Waals surface area contributed by atoms with Gasteiger partial charge in [0, 0.05) is 38.0 Å². The van der Waals surface area contributed by atoms with E-state index >= 15 is 0 Å². The number of nitro groups is 1. The Hall–Kier alpha value is -2.25. The first-order valence-corrected chi connectivity index (χ1v) is 10.8. The number of oxime groups is 1. The van der Waals surface area contributed by atoms with Crippen molar-refractivity contribution in [2.24, 2.45) is 5.16 Å². The van der Waals surface area contributed by atoms with Crippen molar-refractivity contribution in [1.82, 2.24) is 0 Å². The van der Waals surface area contributed by atoms with Gasteiger partial charge in [0.1, 0.15) is 6.61 Å². The van der Waals surface area contributed by atoms with E-state index in [4.69, 9.17) is 39.6 Å². The van der Waals surface area contributed by atoms with Gasteiger partial charge in [-0.15, -0.1) is 11.8 Å². The minimum Gasteiger partial charge on any atom is -0.391 e. The molecule has 3 rings (SSSR count). The quantitative estimate of drug-likeness (QED) is 0.145. The maximum Gasteiger partial charge on any atom is 0.283 e. The first-order chi connectivity index (χ1) is 14.4. The highest BCUT2D eigenvalue weighted by atomic mass is 35.5. The van der Waals surface area contributed by atoms with Crippen molar-refractivity contribution < 1.29 is 9.76 Å². The molecular weight excluding hydrogens is 467 g/mol. The molecule has 0 aliphatic heterocycles. The van der Waals surface area contributed by atoms with Gasteiger partial charge in [-0.25, -0.2) is 0 Å². The van der Waals surface area contributed by atoms with Crippen LogP contribution >= 0.6 is 46.6 Å². The van der Waals surface area contributed by atoms with E-state index in [1.165, 1.54) is 24.0 Å². The van der Waals surface area contributed by atoms with Crippen molar-refractivity contribution in [2.45, 2.75) is 17.3 Å². The fourth-order valence-corrected chi connectivity index (χ4v) is 4.08. The molecule has 0 aromatic heterocycles. The fraction of sp³-hybridized carbons (Fsp3) is 0.0952. The van der Waals surface area contributed by atoms with Crippen LogP contribution in [0.1, 0.15) is 16.7 Å². The first-order valence-electron chi connectivity index (χ1n) is 8.68. The van der Waals surface area contributed by atoms with Crippen LogP contribution in [0.25, 0.3) is 0 Å². The van der Waals surface area contributed by atoms with Crippen LogP contribution < -0.4 is 0 Å². The van der Waals surface area contributed by atoms with Gasteiger partial charge < -0.3 is 4.84 Å². The number of rotatable bonds is 8. The van der Waals surface area contributed by atoms with Crippen molar-refractivity contribution in [3.8, 4) is 0 Å². The maximum atomic E-state index is 11.5. The minimum absolute atomic E-state index is 0.00654. The number of hydrogen-bond acceptors (Lipinski definition) is 5. The zero-order valence-corrected chi connectivity index (χ0v) is 18.5. The van der Waals surface area contributed by atoms with Crippen LogP contribution in [-0.2, 0) is 17.2 Å². The Kier molecular flexibility index (Phi) is 7.99. The lowest BCUT2D eigenvalue weighted by Crippen LogP contribution is -1.95. The molecule has 0 aliphatic rings. The Morgan fingerprint density at radius 2 is 1.73 bits per heavy atom. The molecule has 3 aromatic rings. The SMILES string of the molecule is O=[N+]([O-])c1cc(/C=N/OCc2c(Cl)cccc2Cl)ccc1SCc1ccc(Cl)cc1. The molecule has 0 heterocycles. The molecule has 0 saturated heterocycles. The molecular formula is C21H15Cl3N2O3S. The number of halogens is 3. The third-order valence-corrected chi connectivity index (χ3v) is 6.13. The Morgan fingerprint density at radius 3 is 2.40 bits per heavy atom. The van der Waals surface area contributed by atoms with Crippen molar-refractivity contribution in [2.75, 3.05) is 0 Å². The highest BCUT2D eigenvalue weighted by Crippen LogP contribution is 2.32. The van der Waals surface area contributed by atoms with Gasteiger partial charge in [-0.1, -0.05) is 64.2 Å². The predicted molar refractivity (Wildman–Crippen MR) is 123 cm³/mol. The van der Waals surface area contributed by atoms with Crippen molar-refractivity contribution >= 4 is 58.5 Å². The van der Waals surface area contributed by atoms with Crippen LogP contribution in [0.15, 0.2) is 70.7 Å². The molecule has 154 valence electrons. The van der Waals surface area contributed by atoms with Gasteiger partial charge in [-0.2, -0.15) is 0 Å². The van der Waals surface area contributed by atoms with Crippen LogP contribution in [0.5, 0.6) is 0 Å². The summed E-state index contributed by atoms with van der Waals surface area (Å²) in [5, 5.41) is 17.0. The summed E-state index contributed by atoms with van der Waals surface area (Å²) in [6.45, 7) is 0.0894. The van der Waals surface area contributed by atoms with E-state index in [1.807, 2.05) is 12.1 Å². The maximum absolute atomic E-state index is 11.5. The Morgan fingerprint density at radius 1 is 1.03 bits per heavy atom. The molecule has 0 N–H and O–H groups in total. The summed E-state index contributed by atoms with van der Waals surface area (Å²) in [4.78, 5) is 16.9. The molecule has 5 nitrogen and oxygen atoms in total.